The summed E-state index contributed by atoms with van der Waals surface area (Å²) < 4.78 is 0. The molecule has 1 aromatic carbocycles. The van der Waals surface area contributed by atoms with Gasteiger partial charge in [-0.05, 0) is 37.0 Å². The van der Waals surface area contributed by atoms with Gasteiger partial charge in [-0.25, -0.2) is 4.98 Å². The maximum absolute atomic E-state index is 12.0. The first-order valence-corrected chi connectivity index (χ1v) is 6.33. The summed E-state index contributed by atoms with van der Waals surface area (Å²) in [7, 11) is 0. The van der Waals surface area contributed by atoms with E-state index in [0.717, 1.165) is 29.6 Å². The fraction of sp³-hybridized carbons (Fsp3) is 0.286. The van der Waals surface area contributed by atoms with Gasteiger partial charge in [-0.2, -0.15) is 0 Å². The molecule has 1 aliphatic heterocycles. The Labute approximate surface area is 109 Å². The maximum atomic E-state index is 12.0. The maximum Gasteiger partial charge on any atom is 0.263 e. The van der Waals surface area contributed by atoms with Crippen molar-refractivity contribution in [1.82, 2.24) is 9.97 Å². The number of aliphatic hydroxyl groups excluding tert-OH is 1. The first-order chi connectivity index (χ1) is 9.24. The molecule has 19 heavy (non-hydrogen) atoms. The van der Waals surface area contributed by atoms with Crippen molar-refractivity contribution in [3.63, 3.8) is 0 Å². The lowest BCUT2D eigenvalue weighted by Crippen LogP contribution is -2.36. The summed E-state index contributed by atoms with van der Waals surface area (Å²) >= 11 is 0. The zero-order chi connectivity index (χ0) is 13.0. The second kappa shape index (κ2) is 3.60. The SMILES string of the molecule is O=C1[C]=C(O)C(C2CC2)N1c1ccc2[nH]cnc2c1. The molecule has 2 N–H and O–H groups in total. The van der Waals surface area contributed by atoms with Crippen molar-refractivity contribution in [3.8, 4) is 0 Å². The number of carbonyl (C=O) groups excluding carboxylic acids is 1. The average Bonchev–Trinajstić information content (AvgIpc) is 3.03. The van der Waals surface area contributed by atoms with E-state index in [-0.39, 0.29) is 17.7 Å². The summed E-state index contributed by atoms with van der Waals surface area (Å²) in [4.78, 5) is 20.9. The van der Waals surface area contributed by atoms with Gasteiger partial charge in [0.05, 0.1) is 29.5 Å². The van der Waals surface area contributed by atoms with Gasteiger partial charge in [-0.1, -0.05) is 0 Å². The molecule has 1 saturated carbocycles. The van der Waals surface area contributed by atoms with E-state index in [2.05, 4.69) is 16.0 Å². The third kappa shape index (κ3) is 1.54. The van der Waals surface area contributed by atoms with Crippen molar-refractivity contribution in [2.24, 2.45) is 5.92 Å². The molecule has 4 rings (SSSR count). The van der Waals surface area contributed by atoms with Crippen LogP contribution in [0.3, 0.4) is 0 Å². The number of fused-ring (bicyclic) bond motifs is 1. The topological polar surface area (TPSA) is 69.2 Å². The Morgan fingerprint density at radius 3 is 3.05 bits per heavy atom. The van der Waals surface area contributed by atoms with Crippen LogP contribution in [0.1, 0.15) is 12.8 Å². The van der Waals surface area contributed by atoms with Gasteiger partial charge in [-0.3, -0.25) is 9.69 Å². The van der Waals surface area contributed by atoms with Crippen LogP contribution in [0.5, 0.6) is 0 Å². The van der Waals surface area contributed by atoms with Crippen LogP contribution in [0.15, 0.2) is 30.3 Å². The minimum atomic E-state index is -0.274. The molecular formula is C14H12N3O2. The van der Waals surface area contributed by atoms with Gasteiger partial charge in [0, 0.05) is 5.69 Å². The van der Waals surface area contributed by atoms with E-state index in [1.165, 1.54) is 0 Å². The van der Waals surface area contributed by atoms with E-state index in [1.54, 1.807) is 11.2 Å². The molecule has 0 spiro atoms. The minimum absolute atomic E-state index is 0.0645. The molecule has 2 heterocycles. The number of carbonyl (C=O) groups is 1. The molecule has 1 aliphatic carbocycles. The van der Waals surface area contributed by atoms with Crippen molar-refractivity contribution in [1.29, 1.82) is 0 Å². The average molecular weight is 254 g/mol. The van der Waals surface area contributed by atoms with Crippen molar-refractivity contribution < 1.29 is 9.90 Å². The predicted molar refractivity (Wildman–Crippen MR) is 69.5 cm³/mol. The number of benzene rings is 1. The standard InChI is InChI=1S/C14H12N3O2/c18-12-6-13(19)17(14(12)8-1-2-8)9-3-4-10-11(5-9)16-7-15-10/h3-5,7-8,14,18H,1-2H2,(H,15,16). The largest absolute Gasteiger partial charge is 0.509 e. The van der Waals surface area contributed by atoms with Crippen molar-refractivity contribution in [3.05, 3.63) is 36.4 Å². The first kappa shape index (κ1) is 10.6. The molecule has 1 unspecified atom stereocenters. The second-order valence-electron chi connectivity index (χ2n) is 5.07. The molecule has 1 fully saturated rings. The number of aliphatic hydroxyl groups is 1. The highest BCUT2D eigenvalue weighted by Crippen LogP contribution is 2.42. The lowest BCUT2D eigenvalue weighted by Gasteiger charge is -2.25. The van der Waals surface area contributed by atoms with Crippen molar-refractivity contribution >= 4 is 22.6 Å². The van der Waals surface area contributed by atoms with Gasteiger partial charge in [-0.15, -0.1) is 0 Å². The Morgan fingerprint density at radius 1 is 1.42 bits per heavy atom. The van der Waals surface area contributed by atoms with Crippen LogP contribution in [-0.2, 0) is 4.79 Å². The van der Waals surface area contributed by atoms with Crippen LogP contribution >= 0.6 is 0 Å². The Morgan fingerprint density at radius 2 is 2.26 bits per heavy atom. The number of nitrogens with zero attached hydrogens (tertiary/aromatic N) is 2. The molecular weight excluding hydrogens is 242 g/mol. The molecule has 2 aliphatic rings. The number of nitrogens with one attached hydrogen (secondary N) is 1. The predicted octanol–water partition coefficient (Wildman–Crippen LogP) is 1.93. The summed E-state index contributed by atoms with van der Waals surface area (Å²) in [5.41, 5.74) is 2.50. The van der Waals surface area contributed by atoms with Gasteiger partial charge in [0.2, 0.25) is 0 Å². The molecule has 95 valence electrons. The summed E-state index contributed by atoms with van der Waals surface area (Å²) in [6.07, 6.45) is 6.23. The lowest BCUT2D eigenvalue weighted by molar-refractivity contribution is -0.114. The van der Waals surface area contributed by atoms with Crippen LogP contribution in [0.4, 0.5) is 5.69 Å². The number of hydrogen-bond donors (Lipinski definition) is 2. The van der Waals surface area contributed by atoms with Crippen LogP contribution in [0, 0.1) is 12.0 Å². The number of H-pyrrole nitrogens is 1. The minimum Gasteiger partial charge on any atom is -0.509 e. The zero-order valence-electron chi connectivity index (χ0n) is 10.1. The summed E-state index contributed by atoms with van der Waals surface area (Å²) in [5.74, 6) is 0.146. The van der Waals surface area contributed by atoms with E-state index >= 15 is 0 Å². The van der Waals surface area contributed by atoms with E-state index < -0.39 is 0 Å². The Hall–Kier alpha value is -2.30. The van der Waals surface area contributed by atoms with E-state index in [0.29, 0.717) is 5.92 Å². The summed E-state index contributed by atoms with van der Waals surface area (Å²) in [6.45, 7) is 0. The van der Waals surface area contributed by atoms with E-state index in [4.69, 9.17) is 0 Å². The van der Waals surface area contributed by atoms with Crippen LogP contribution in [0.2, 0.25) is 0 Å². The number of imidazole rings is 1. The number of aromatic amines is 1. The molecule has 0 saturated heterocycles. The number of rotatable bonds is 2. The highest BCUT2D eigenvalue weighted by Gasteiger charge is 2.44. The molecule has 1 atom stereocenters. The van der Waals surface area contributed by atoms with Crippen LogP contribution < -0.4 is 4.90 Å². The second-order valence-corrected chi connectivity index (χ2v) is 5.07. The van der Waals surface area contributed by atoms with Crippen LogP contribution in [0.25, 0.3) is 11.0 Å². The first-order valence-electron chi connectivity index (χ1n) is 6.33. The Kier molecular flexibility index (Phi) is 2.01. The molecule has 1 amide bonds. The van der Waals surface area contributed by atoms with Crippen molar-refractivity contribution in [2.45, 2.75) is 18.9 Å². The fourth-order valence-electron chi connectivity index (χ4n) is 2.69. The molecule has 1 aromatic heterocycles. The number of anilines is 1. The smallest absolute Gasteiger partial charge is 0.263 e. The van der Waals surface area contributed by atoms with E-state index in [9.17, 15) is 9.90 Å². The third-order valence-corrected chi connectivity index (χ3v) is 3.76. The fourth-order valence-corrected chi connectivity index (χ4v) is 2.69. The zero-order valence-corrected chi connectivity index (χ0v) is 10.1. The van der Waals surface area contributed by atoms with E-state index in [1.807, 2.05) is 18.2 Å². The summed E-state index contributed by atoms with van der Waals surface area (Å²) in [5, 5.41) is 9.90. The van der Waals surface area contributed by atoms with Gasteiger partial charge in [0.15, 0.2) is 0 Å². The van der Waals surface area contributed by atoms with Gasteiger partial charge in [0.25, 0.3) is 5.91 Å². The lowest BCUT2D eigenvalue weighted by atomic mass is 10.1. The number of hydrogen-bond acceptors (Lipinski definition) is 3. The normalized spacial score (nSPS) is 23.2. The monoisotopic (exact) mass is 254 g/mol. The Balaban J connectivity index is 1.79. The van der Waals surface area contributed by atoms with Gasteiger partial charge < -0.3 is 10.1 Å². The van der Waals surface area contributed by atoms with Crippen LogP contribution in [-0.4, -0.2) is 27.0 Å². The number of aromatic nitrogens is 2. The highest BCUT2D eigenvalue weighted by atomic mass is 16.3. The molecule has 5 nitrogen and oxygen atoms in total. The Bertz CT molecular complexity index is 700. The number of amides is 1. The highest BCUT2D eigenvalue weighted by molar-refractivity contribution is 6.03. The quantitative estimate of drug-likeness (QED) is 0.860. The van der Waals surface area contributed by atoms with Gasteiger partial charge >= 0.3 is 0 Å². The van der Waals surface area contributed by atoms with Gasteiger partial charge in [0.1, 0.15) is 5.76 Å². The van der Waals surface area contributed by atoms with Crippen molar-refractivity contribution in [2.75, 3.05) is 4.90 Å². The molecule has 2 aromatic rings. The molecule has 1 radical (unpaired) electrons. The third-order valence-electron chi connectivity index (χ3n) is 3.76. The summed E-state index contributed by atoms with van der Waals surface area (Å²) in [6, 6.07) is 5.38. The molecule has 5 heteroatoms. The molecule has 0 bridgehead atoms.